The summed E-state index contributed by atoms with van der Waals surface area (Å²) in [4.78, 5) is 13.9. The highest BCUT2D eigenvalue weighted by molar-refractivity contribution is 7.90. The molecule has 1 aromatic carbocycles. The lowest BCUT2D eigenvalue weighted by Crippen LogP contribution is -2.46. The molecule has 0 aliphatic carbocycles. The van der Waals surface area contributed by atoms with E-state index in [0.717, 1.165) is 6.26 Å². The third kappa shape index (κ3) is 4.44. The third-order valence-corrected chi connectivity index (χ3v) is 4.30. The fourth-order valence-corrected chi connectivity index (χ4v) is 2.73. The first kappa shape index (κ1) is 15.8. The molecule has 0 N–H and O–H groups in total. The van der Waals surface area contributed by atoms with Crippen LogP contribution in [-0.4, -0.2) is 57.9 Å². The number of sulfone groups is 1. The second kappa shape index (κ2) is 6.44. The van der Waals surface area contributed by atoms with Gasteiger partial charge in [0.15, 0.2) is 16.4 Å². The molecule has 2 rings (SSSR count). The lowest BCUT2D eigenvalue weighted by molar-refractivity contribution is -0.140. The van der Waals surface area contributed by atoms with Gasteiger partial charge in [0.2, 0.25) is 0 Å². The van der Waals surface area contributed by atoms with Crippen molar-refractivity contribution in [2.45, 2.75) is 17.9 Å². The molecule has 1 amide bonds. The molecule has 0 bridgehead atoms. The summed E-state index contributed by atoms with van der Waals surface area (Å²) in [5, 5.41) is 0. The van der Waals surface area contributed by atoms with Crippen molar-refractivity contribution in [2.24, 2.45) is 0 Å². The van der Waals surface area contributed by atoms with E-state index < -0.39 is 9.84 Å². The minimum Gasteiger partial charge on any atom is -0.484 e. The summed E-state index contributed by atoms with van der Waals surface area (Å²) in [5.41, 5.74) is 0. The smallest absolute Gasteiger partial charge is 0.260 e. The summed E-state index contributed by atoms with van der Waals surface area (Å²) >= 11 is 0. The van der Waals surface area contributed by atoms with Crippen LogP contribution < -0.4 is 4.74 Å². The van der Waals surface area contributed by atoms with Crippen LogP contribution in [0.3, 0.4) is 0 Å². The summed E-state index contributed by atoms with van der Waals surface area (Å²) in [6, 6.07) is 6.13. The Balaban J connectivity index is 1.95. The Kier molecular flexibility index (Phi) is 4.84. The van der Waals surface area contributed by atoms with Gasteiger partial charge >= 0.3 is 0 Å². The normalized spacial score (nSPS) is 19.3. The maximum Gasteiger partial charge on any atom is 0.260 e. The topological polar surface area (TPSA) is 72.9 Å². The van der Waals surface area contributed by atoms with Crippen LogP contribution in [0, 0.1) is 0 Å². The molecule has 6 nitrogen and oxygen atoms in total. The molecular formula is C14H19NO5S. The molecule has 0 aromatic heterocycles. The van der Waals surface area contributed by atoms with Crippen LogP contribution in [0.5, 0.6) is 5.75 Å². The number of carbonyl (C=O) groups is 1. The van der Waals surface area contributed by atoms with Crippen LogP contribution in [-0.2, 0) is 19.4 Å². The molecule has 1 saturated heterocycles. The standard InChI is InChI=1S/C14H19NO5S/c1-11-9-15(6-7-19-11)14(16)10-20-12-4-3-5-13(8-12)21(2,17)18/h3-5,8,11H,6-7,9-10H2,1-2H3/t11-/m1/s1. The minimum atomic E-state index is -3.28. The maximum absolute atomic E-state index is 12.0. The van der Waals surface area contributed by atoms with Gasteiger partial charge in [0.05, 0.1) is 17.6 Å². The van der Waals surface area contributed by atoms with Crippen LogP contribution in [0.1, 0.15) is 6.92 Å². The monoisotopic (exact) mass is 313 g/mol. The first-order valence-corrected chi connectivity index (χ1v) is 8.57. The number of amides is 1. The number of morpholine rings is 1. The molecule has 1 aliphatic heterocycles. The Morgan fingerprint density at radius 1 is 1.48 bits per heavy atom. The minimum absolute atomic E-state index is 0.0243. The number of hydrogen-bond donors (Lipinski definition) is 0. The summed E-state index contributed by atoms with van der Waals surface area (Å²) in [5.74, 6) is 0.238. The van der Waals surface area contributed by atoms with E-state index >= 15 is 0 Å². The van der Waals surface area contributed by atoms with Gasteiger partial charge in [0.25, 0.3) is 5.91 Å². The number of carbonyl (C=O) groups excluding carboxylic acids is 1. The highest BCUT2D eigenvalue weighted by atomic mass is 32.2. The summed E-state index contributed by atoms with van der Waals surface area (Å²) < 4.78 is 33.7. The number of ether oxygens (including phenoxy) is 2. The van der Waals surface area contributed by atoms with Crippen LogP contribution in [0.4, 0.5) is 0 Å². The SMILES string of the molecule is C[C@@H]1CN(C(=O)COc2cccc(S(C)(=O)=O)c2)CCO1. The highest BCUT2D eigenvalue weighted by Crippen LogP contribution is 2.17. The fraction of sp³-hybridized carbons (Fsp3) is 0.500. The van der Waals surface area contributed by atoms with Gasteiger partial charge < -0.3 is 14.4 Å². The molecule has 1 aliphatic rings. The predicted octanol–water partition coefficient (Wildman–Crippen LogP) is 0.716. The highest BCUT2D eigenvalue weighted by Gasteiger charge is 2.21. The van der Waals surface area contributed by atoms with Gasteiger partial charge in [-0.2, -0.15) is 0 Å². The fourth-order valence-electron chi connectivity index (χ4n) is 2.08. The van der Waals surface area contributed by atoms with E-state index in [1.54, 1.807) is 17.0 Å². The average molecular weight is 313 g/mol. The zero-order valence-electron chi connectivity index (χ0n) is 12.1. The van der Waals surface area contributed by atoms with Crippen LogP contribution in [0.2, 0.25) is 0 Å². The molecule has 7 heteroatoms. The number of rotatable bonds is 4. The Morgan fingerprint density at radius 3 is 2.90 bits per heavy atom. The van der Waals surface area contributed by atoms with E-state index in [2.05, 4.69) is 0 Å². The van der Waals surface area contributed by atoms with E-state index in [1.807, 2.05) is 6.92 Å². The Hall–Kier alpha value is -1.60. The summed E-state index contributed by atoms with van der Waals surface area (Å²) in [6.07, 6.45) is 1.16. The summed E-state index contributed by atoms with van der Waals surface area (Å²) in [6.45, 7) is 3.42. The van der Waals surface area contributed by atoms with Gasteiger partial charge in [0, 0.05) is 19.3 Å². The Bertz CT molecular complexity index is 614. The first-order valence-electron chi connectivity index (χ1n) is 6.68. The van der Waals surface area contributed by atoms with Gasteiger partial charge in [-0.15, -0.1) is 0 Å². The number of nitrogens with zero attached hydrogens (tertiary/aromatic N) is 1. The van der Waals surface area contributed by atoms with Crippen molar-refractivity contribution < 1.29 is 22.7 Å². The van der Waals surface area contributed by atoms with Gasteiger partial charge in [-0.3, -0.25) is 4.79 Å². The second-order valence-corrected chi connectivity index (χ2v) is 7.07. The van der Waals surface area contributed by atoms with Crippen molar-refractivity contribution in [3.8, 4) is 5.75 Å². The molecule has 21 heavy (non-hydrogen) atoms. The molecule has 1 atom stereocenters. The van der Waals surface area contributed by atoms with Crippen molar-refractivity contribution in [1.82, 2.24) is 4.90 Å². The predicted molar refractivity (Wildman–Crippen MR) is 77.0 cm³/mol. The molecular weight excluding hydrogens is 294 g/mol. The van der Waals surface area contributed by atoms with E-state index in [-0.39, 0.29) is 23.5 Å². The van der Waals surface area contributed by atoms with Crippen molar-refractivity contribution in [1.29, 1.82) is 0 Å². The van der Waals surface area contributed by atoms with Gasteiger partial charge in [-0.25, -0.2) is 8.42 Å². The van der Waals surface area contributed by atoms with Crippen molar-refractivity contribution in [2.75, 3.05) is 32.6 Å². The molecule has 1 heterocycles. The lowest BCUT2D eigenvalue weighted by Gasteiger charge is -2.31. The molecule has 0 spiro atoms. The van der Waals surface area contributed by atoms with Crippen LogP contribution in [0.25, 0.3) is 0 Å². The number of benzene rings is 1. The lowest BCUT2D eigenvalue weighted by atomic mass is 10.3. The molecule has 0 radical (unpaired) electrons. The van der Waals surface area contributed by atoms with Gasteiger partial charge in [0.1, 0.15) is 5.75 Å². The van der Waals surface area contributed by atoms with Gasteiger partial charge in [-0.05, 0) is 25.1 Å². The molecule has 1 fully saturated rings. The first-order chi connectivity index (χ1) is 9.86. The Morgan fingerprint density at radius 2 is 2.24 bits per heavy atom. The number of hydrogen-bond acceptors (Lipinski definition) is 5. The van der Waals surface area contributed by atoms with Crippen LogP contribution >= 0.6 is 0 Å². The van der Waals surface area contributed by atoms with Crippen molar-refractivity contribution >= 4 is 15.7 Å². The summed E-state index contributed by atoms with van der Waals surface area (Å²) in [7, 11) is -3.28. The second-order valence-electron chi connectivity index (χ2n) is 5.06. The van der Waals surface area contributed by atoms with E-state index in [1.165, 1.54) is 12.1 Å². The van der Waals surface area contributed by atoms with Crippen molar-refractivity contribution in [3.05, 3.63) is 24.3 Å². The molecule has 1 aromatic rings. The van der Waals surface area contributed by atoms with E-state index in [4.69, 9.17) is 9.47 Å². The maximum atomic E-state index is 12.0. The molecule has 116 valence electrons. The zero-order chi connectivity index (χ0) is 15.5. The third-order valence-electron chi connectivity index (χ3n) is 3.19. The van der Waals surface area contributed by atoms with Gasteiger partial charge in [-0.1, -0.05) is 6.07 Å². The quantitative estimate of drug-likeness (QED) is 0.819. The van der Waals surface area contributed by atoms with E-state index in [0.29, 0.717) is 25.4 Å². The zero-order valence-corrected chi connectivity index (χ0v) is 12.9. The van der Waals surface area contributed by atoms with E-state index in [9.17, 15) is 13.2 Å². The van der Waals surface area contributed by atoms with Crippen LogP contribution in [0.15, 0.2) is 29.2 Å². The van der Waals surface area contributed by atoms with Crippen molar-refractivity contribution in [3.63, 3.8) is 0 Å². The average Bonchev–Trinajstić information content (AvgIpc) is 2.44. The molecule has 0 saturated carbocycles. The molecule has 0 unspecified atom stereocenters. The largest absolute Gasteiger partial charge is 0.484 e. The Labute approximate surface area is 124 Å².